The van der Waals surface area contributed by atoms with Crippen LogP contribution < -0.4 is 0 Å². The Morgan fingerprint density at radius 3 is 2.21 bits per heavy atom. The molecule has 4 heteroatoms. The Morgan fingerprint density at radius 2 is 1.71 bits per heavy atom. The monoisotopic (exact) mass is 208 g/mol. The molecule has 0 aromatic rings. The predicted octanol–water partition coefficient (Wildman–Crippen LogP) is 3.05. The van der Waals surface area contributed by atoms with Gasteiger partial charge in [-0.05, 0) is 18.8 Å². The van der Waals surface area contributed by atoms with E-state index in [1.165, 1.54) is 0 Å². The highest BCUT2D eigenvalue weighted by Crippen LogP contribution is 2.27. The number of rotatable bonds is 2. The molecule has 1 aliphatic rings. The van der Waals surface area contributed by atoms with E-state index in [1.54, 1.807) is 0 Å². The van der Waals surface area contributed by atoms with Crippen molar-refractivity contribution in [1.29, 1.82) is 0 Å². The Bertz CT molecular complexity index is 192. The molecule has 82 valence electrons. The summed E-state index contributed by atoms with van der Waals surface area (Å²) in [6, 6.07) is 0. The molecule has 0 saturated heterocycles. The fourth-order valence-electron chi connectivity index (χ4n) is 1.84. The minimum Gasteiger partial charge on any atom is -0.389 e. The average molecular weight is 208 g/mol. The fourth-order valence-corrected chi connectivity index (χ4v) is 1.84. The first-order valence-electron chi connectivity index (χ1n) is 4.93. The molecule has 0 aliphatic heterocycles. The molecule has 1 saturated carbocycles. The molecule has 14 heavy (non-hydrogen) atoms. The summed E-state index contributed by atoms with van der Waals surface area (Å²) in [7, 11) is 0. The molecule has 1 nitrogen and oxygen atoms in total. The summed E-state index contributed by atoms with van der Waals surface area (Å²) < 4.78 is 35.4. The zero-order valence-corrected chi connectivity index (χ0v) is 7.93. The molecular formula is C10H15F3O. The van der Waals surface area contributed by atoms with E-state index in [9.17, 15) is 18.3 Å². The van der Waals surface area contributed by atoms with Crippen molar-refractivity contribution in [3.05, 3.63) is 12.2 Å². The lowest BCUT2D eigenvalue weighted by Crippen LogP contribution is -2.21. The zero-order chi connectivity index (χ0) is 10.6. The number of halogens is 3. The van der Waals surface area contributed by atoms with Gasteiger partial charge < -0.3 is 5.11 Å². The van der Waals surface area contributed by atoms with Gasteiger partial charge in [0.25, 0.3) is 0 Å². The van der Waals surface area contributed by atoms with Gasteiger partial charge in [0.05, 0.1) is 6.10 Å². The van der Waals surface area contributed by atoms with Gasteiger partial charge in [0, 0.05) is 6.08 Å². The molecule has 1 aliphatic carbocycles. The first-order chi connectivity index (χ1) is 6.49. The molecule has 0 bridgehead atoms. The molecule has 1 rings (SSSR count). The number of hydrogen-bond donors (Lipinski definition) is 1. The third-order valence-electron chi connectivity index (χ3n) is 2.62. The van der Waals surface area contributed by atoms with Crippen LogP contribution >= 0.6 is 0 Å². The molecule has 0 radical (unpaired) electrons. The highest BCUT2D eigenvalue weighted by Gasteiger charge is 2.25. The third kappa shape index (κ3) is 4.13. The van der Waals surface area contributed by atoms with Crippen LogP contribution in [0.25, 0.3) is 0 Å². The largest absolute Gasteiger partial charge is 0.409 e. The molecule has 1 atom stereocenters. The summed E-state index contributed by atoms with van der Waals surface area (Å²) in [5.41, 5.74) is 0. The van der Waals surface area contributed by atoms with E-state index in [0.29, 0.717) is 0 Å². The van der Waals surface area contributed by atoms with E-state index in [-0.39, 0.29) is 12.0 Å². The van der Waals surface area contributed by atoms with Gasteiger partial charge >= 0.3 is 6.18 Å². The van der Waals surface area contributed by atoms with E-state index in [0.717, 1.165) is 38.2 Å². The summed E-state index contributed by atoms with van der Waals surface area (Å²) in [5, 5.41) is 9.45. The number of aliphatic hydroxyl groups is 1. The van der Waals surface area contributed by atoms with E-state index in [2.05, 4.69) is 0 Å². The number of hydrogen-bond acceptors (Lipinski definition) is 1. The molecule has 1 N–H and O–H groups in total. The maximum absolute atomic E-state index is 11.8. The van der Waals surface area contributed by atoms with Gasteiger partial charge in [-0.25, -0.2) is 0 Å². The topological polar surface area (TPSA) is 20.2 Å². The smallest absolute Gasteiger partial charge is 0.389 e. The van der Waals surface area contributed by atoms with Gasteiger partial charge in [-0.2, -0.15) is 13.2 Å². The summed E-state index contributed by atoms with van der Waals surface area (Å²) in [5.74, 6) is 0.0161. The molecule has 0 amide bonds. The number of allylic oxidation sites excluding steroid dienone is 1. The van der Waals surface area contributed by atoms with Crippen molar-refractivity contribution in [1.82, 2.24) is 0 Å². The van der Waals surface area contributed by atoms with Gasteiger partial charge in [0.15, 0.2) is 0 Å². The van der Waals surface area contributed by atoms with E-state index in [1.807, 2.05) is 0 Å². The Balaban J connectivity index is 2.40. The highest BCUT2D eigenvalue weighted by atomic mass is 19.4. The van der Waals surface area contributed by atoms with Gasteiger partial charge in [-0.3, -0.25) is 0 Å². The standard InChI is InChI=1S/C10H15F3O/c11-10(12,13)7-6-9(14)8-4-2-1-3-5-8/h6-9,14H,1-5H2/b7-6+/t9-/m0/s1. The average Bonchev–Trinajstić information content (AvgIpc) is 2.14. The van der Waals surface area contributed by atoms with Crippen molar-refractivity contribution >= 4 is 0 Å². The van der Waals surface area contributed by atoms with Crippen molar-refractivity contribution in [2.75, 3.05) is 0 Å². The van der Waals surface area contributed by atoms with E-state index < -0.39 is 12.3 Å². The zero-order valence-electron chi connectivity index (χ0n) is 7.93. The highest BCUT2D eigenvalue weighted by molar-refractivity contribution is 4.96. The molecule has 0 aromatic carbocycles. The van der Waals surface area contributed by atoms with Crippen LogP contribution in [0.3, 0.4) is 0 Å². The first kappa shape index (κ1) is 11.6. The number of aliphatic hydroxyl groups excluding tert-OH is 1. The number of alkyl halides is 3. The van der Waals surface area contributed by atoms with Crippen LogP contribution in [0, 0.1) is 5.92 Å². The summed E-state index contributed by atoms with van der Waals surface area (Å²) in [4.78, 5) is 0. The van der Waals surface area contributed by atoms with Crippen LogP contribution in [0.4, 0.5) is 13.2 Å². The van der Waals surface area contributed by atoms with Crippen LogP contribution in [-0.2, 0) is 0 Å². The summed E-state index contributed by atoms with van der Waals surface area (Å²) in [6.45, 7) is 0. The van der Waals surface area contributed by atoms with Gasteiger partial charge in [-0.1, -0.05) is 25.3 Å². The third-order valence-corrected chi connectivity index (χ3v) is 2.62. The van der Waals surface area contributed by atoms with Crippen LogP contribution in [-0.4, -0.2) is 17.4 Å². The molecule has 1 fully saturated rings. The quantitative estimate of drug-likeness (QED) is 0.691. The lowest BCUT2D eigenvalue weighted by Gasteiger charge is -2.24. The first-order valence-corrected chi connectivity index (χ1v) is 4.93. The lowest BCUT2D eigenvalue weighted by molar-refractivity contribution is -0.0808. The minimum atomic E-state index is -4.31. The van der Waals surface area contributed by atoms with Crippen molar-refractivity contribution < 1.29 is 18.3 Å². The normalized spacial score (nSPS) is 22.9. The van der Waals surface area contributed by atoms with Crippen LogP contribution in [0.2, 0.25) is 0 Å². The van der Waals surface area contributed by atoms with Crippen LogP contribution in [0.1, 0.15) is 32.1 Å². The Labute approximate surface area is 81.6 Å². The maximum atomic E-state index is 11.8. The SMILES string of the molecule is O[C@@H](/C=C/C(F)(F)F)C1CCCCC1. The van der Waals surface area contributed by atoms with Crippen LogP contribution in [0.15, 0.2) is 12.2 Å². The second kappa shape index (κ2) is 4.82. The molecule has 0 aromatic heterocycles. The van der Waals surface area contributed by atoms with Gasteiger partial charge in [-0.15, -0.1) is 0 Å². The Hall–Kier alpha value is -0.510. The summed E-state index contributed by atoms with van der Waals surface area (Å²) >= 11 is 0. The molecule has 0 unspecified atom stereocenters. The van der Waals surface area contributed by atoms with Crippen molar-refractivity contribution in [2.45, 2.75) is 44.4 Å². The second-order valence-electron chi connectivity index (χ2n) is 3.79. The second-order valence-corrected chi connectivity index (χ2v) is 3.79. The summed E-state index contributed by atoms with van der Waals surface area (Å²) in [6.07, 6.45) is 0.594. The fraction of sp³-hybridized carbons (Fsp3) is 0.800. The van der Waals surface area contributed by atoms with Crippen molar-refractivity contribution in [2.24, 2.45) is 5.92 Å². The van der Waals surface area contributed by atoms with Crippen LogP contribution in [0.5, 0.6) is 0 Å². The lowest BCUT2D eigenvalue weighted by atomic mass is 9.85. The van der Waals surface area contributed by atoms with Gasteiger partial charge in [0.1, 0.15) is 0 Å². The Morgan fingerprint density at radius 1 is 1.14 bits per heavy atom. The predicted molar refractivity (Wildman–Crippen MR) is 47.8 cm³/mol. The molecule has 0 spiro atoms. The van der Waals surface area contributed by atoms with Crippen molar-refractivity contribution in [3.63, 3.8) is 0 Å². The Kier molecular flexibility index (Phi) is 3.98. The maximum Gasteiger partial charge on any atom is 0.409 e. The van der Waals surface area contributed by atoms with Gasteiger partial charge in [0.2, 0.25) is 0 Å². The van der Waals surface area contributed by atoms with Crippen molar-refractivity contribution in [3.8, 4) is 0 Å². The molecular weight excluding hydrogens is 193 g/mol. The molecule has 0 heterocycles. The van der Waals surface area contributed by atoms with E-state index in [4.69, 9.17) is 0 Å². The minimum absolute atomic E-state index is 0.0161. The van der Waals surface area contributed by atoms with E-state index >= 15 is 0 Å².